The highest BCUT2D eigenvalue weighted by Crippen LogP contribution is 2.27. The number of carbonyl (C=O) groups excluding carboxylic acids is 1. The highest BCUT2D eigenvalue weighted by Gasteiger charge is 2.33. The van der Waals surface area contributed by atoms with Gasteiger partial charge >= 0.3 is 0 Å². The summed E-state index contributed by atoms with van der Waals surface area (Å²) in [5.74, 6) is 0.458. The fourth-order valence-corrected chi connectivity index (χ4v) is 3.90. The molecule has 4 heteroatoms. The van der Waals surface area contributed by atoms with Gasteiger partial charge in [0.15, 0.2) is 0 Å². The number of piperidine rings is 2. The van der Waals surface area contributed by atoms with Crippen LogP contribution in [0, 0.1) is 5.92 Å². The van der Waals surface area contributed by atoms with E-state index in [0.717, 1.165) is 32.0 Å². The van der Waals surface area contributed by atoms with Gasteiger partial charge in [0.05, 0.1) is 0 Å². The minimum absolute atomic E-state index is 0.117. The van der Waals surface area contributed by atoms with E-state index in [0.29, 0.717) is 5.54 Å². The Morgan fingerprint density at radius 3 is 1.83 bits per heavy atom. The summed E-state index contributed by atoms with van der Waals surface area (Å²) in [5.41, 5.74) is 0.178. The number of carbonyl (C=O) groups is 1. The van der Waals surface area contributed by atoms with E-state index in [1.165, 1.54) is 25.9 Å². The standard InChI is InChI=1S/C19H37N3O/c1-18(2,3)20-17(23)15-7-11-21(12-8-15)16-9-13-22(14-10-16)19(4,5)6/h15-16H,7-14H2,1-6H3,(H,20,23). The van der Waals surface area contributed by atoms with Gasteiger partial charge in [-0.05, 0) is 80.3 Å². The van der Waals surface area contributed by atoms with Crippen molar-refractivity contribution in [3.8, 4) is 0 Å². The van der Waals surface area contributed by atoms with Crippen LogP contribution in [0.25, 0.3) is 0 Å². The zero-order valence-electron chi connectivity index (χ0n) is 16.1. The largest absolute Gasteiger partial charge is 0.351 e. The van der Waals surface area contributed by atoms with Gasteiger partial charge in [0, 0.05) is 36.1 Å². The first-order chi connectivity index (χ1) is 10.6. The minimum atomic E-state index is -0.117. The van der Waals surface area contributed by atoms with Crippen LogP contribution in [0.15, 0.2) is 0 Å². The van der Waals surface area contributed by atoms with Crippen LogP contribution in [0.1, 0.15) is 67.2 Å². The van der Waals surface area contributed by atoms with Crippen LogP contribution >= 0.6 is 0 Å². The maximum atomic E-state index is 12.3. The Morgan fingerprint density at radius 2 is 1.39 bits per heavy atom. The number of nitrogens with zero attached hydrogens (tertiary/aromatic N) is 2. The van der Waals surface area contributed by atoms with Gasteiger partial charge in [0.25, 0.3) is 0 Å². The first-order valence-electron chi connectivity index (χ1n) is 9.37. The van der Waals surface area contributed by atoms with Crippen LogP contribution in [0.2, 0.25) is 0 Å². The summed E-state index contributed by atoms with van der Waals surface area (Å²) < 4.78 is 0. The van der Waals surface area contributed by atoms with Gasteiger partial charge in [-0.2, -0.15) is 0 Å². The molecule has 2 heterocycles. The van der Waals surface area contributed by atoms with Crippen molar-refractivity contribution in [2.75, 3.05) is 26.2 Å². The minimum Gasteiger partial charge on any atom is -0.351 e. The number of nitrogens with one attached hydrogen (secondary N) is 1. The van der Waals surface area contributed by atoms with Gasteiger partial charge in [0.1, 0.15) is 0 Å². The van der Waals surface area contributed by atoms with E-state index in [1.54, 1.807) is 0 Å². The molecule has 134 valence electrons. The molecule has 2 aliphatic rings. The third-order valence-corrected chi connectivity index (χ3v) is 5.33. The van der Waals surface area contributed by atoms with Crippen molar-refractivity contribution >= 4 is 5.91 Å². The Kier molecular flexibility index (Phi) is 5.78. The average Bonchev–Trinajstić information content (AvgIpc) is 2.45. The highest BCUT2D eigenvalue weighted by atomic mass is 16.2. The van der Waals surface area contributed by atoms with E-state index >= 15 is 0 Å². The second-order valence-electron chi connectivity index (χ2n) is 9.44. The summed E-state index contributed by atoms with van der Waals surface area (Å²) in [6, 6.07) is 0.722. The van der Waals surface area contributed by atoms with E-state index in [4.69, 9.17) is 0 Å². The molecule has 4 nitrogen and oxygen atoms in total. The van der Waals surface area contributed by atoms with Crippen molar-refractivity contribution in [2.24, 2.45) is 5.92 Å². The Bertz CT molecular complexity index is 392. The van der Waals surface area contributed by atoms with Crippen LogP contribution in [0.3, 0.4) is 0 Å². The van der Waals surface area contributed by atoms with Gasteiger partial charge < -0.3 is 10.2 Å². The smallest absolute Gasteiger partial charge is 0.223 e. The third-order valence-electron chi connectivity index (χ3n) is 5.33. The second-order valence-corrected chi connectivity index (χ2v) is 9.44. The zero-order valence-corrected chi connectivity index (χ0v) is 16.1. The lowest BCUT2D eigenvalue weighted by Crippen LogP contribution is -2.53. The van der Waals surface area contributed by atoms with E-state index in [-0.39, 0.29) is 17.4 Å². The molecule has 0 saturated carbocycles. The number of hydrogen-bond acceptors (Lipinski definition) is 3. The average molecular weight is 324 g/mol. The Hall–Kier alpha value is -0.610. The van der Waals surface area contributed by atoms with E-state index < -0.39 is 0 Å². The molecular weight excluding hydrogens is 286 g/mol. The summed E-state index contributed by atoms with van der Waals surface area (Å²) in [6.07, 6.45) is 4.58. The van der Waals surface area contributed by atoms with Crippen molar-refractivity contribution in [1.29, 1.82) is 0 Å². The summed E-state index contributed by atoms with van der Waals surface area (Å²) >= 11 is 0. The monoisotopic (exact) mass is 323 g/mol. The van der Waals surface area contributed by atoms with Crippen LogP contribution in [0.5, 0.6) is 0 Å². The van der Waals surface area contributed by atoms with Gasteiger partial charge in [-0.3, -0.25) is 9.69 Å². The molecule has 0 spiro atoms. The van der Waals surface area contributed by atoms with E-state index in [1.807, 2.05) is 0 Å². The fraction of sp³-hybridized carbons (Fsp3) is 0.947. The molecule has 1 N–H and O–H groups in total. The molecule has 0 unspecified atom stereocenters. The van der Waals surface area contributed by atoms with E-state index in [9.17, 15) is 4.79 Å². The normalized spacial score (nSPS) is 23.9. The third kappa shape index (κ3) is 5.46. The molecule has 0 aromatic rings. The maximum absolute atomic E-state index is 12.3. The lowest BCUT2D eigenvalue weighted by Gasteiger charge is -2.45. The molecule has 0 bridgehead atoms. The Morgan fingerprint density at radius 1 is 0.870 bits per heavy atom. The van der Waals surface area contributed by atoms with Crippen LogP contribution < -0.4 is 5.32 Å². The first kappa shape index (κ1) is 18.7. The molecule has 0 aliphatic carbocycles. The summed E-state index contributed by atoms with van der Waals surface area (Å²) in [4.78, 5) is 17.6. The Balaban J connectivity index is 1.76. The summed E-state index contributed by atoms with van der Waals surface area (Å²) in [6.45, 7) is 17.7. The van der Waals surface area contributed by atoms with Gasteiger partial charge in [0.2, 0.25) is 5.91 Å². The van der Waals surface area contributed by atoms with Gasteiger partial charge in [-0.15, -0.1) is 0 Å². The molecule has 2 rings (SSSR count). The molecule has 1 amide bonds. The summed E-state index contributed by atoms with van der Waals surface area (Å²) in [7, 11) is 0. The molecule has 0 atom stereocenters. The molecule has 23 heavy (non-hydrogen) atoms. The van der Waals surface area contributed by atoms with Crippen molar-refractivity contribution < 1.29 is 4.79 Å². The second kappa shape index (κ2) is 7.10. The van der Waals surface area contributed by atoms with Gasteiger partial charge in [-0.1, -0.05) is 0 Å². The molecular formula is C19H37N3O. The van der Waals surface area contributed by atoms with Crippen molar-refractivity contribution in [3.05, 3.63) is 0 Å². The maximum Gasteiger partial charge on any atom is 0.223 e. The number of hydrogen-bond donors (Lipinski definition) is 1. The molecule has 2 aliphatic heterocycles. The summed E-state index contributed by atoms with van der Waals surface area (Å²) in [5, 5.41) is 3.14. The quantitative estimate of drug-likeness (QED) is 0.849. The van der Waals surface area contributed by atoms with E-state index in [2.05, 4.69) is 56.7 Å². The molecule has 0 aromatic carbocycles. The predicted molar refractivity (Wildman–Crippen MR) is 96.5 cm³/mol. The van der Waals surface area contributed by atoms with Crippen molar-refractivity contribution in [1.82, 2.24) is 15.1 Å². The van der Waals surface area contributed by atoms with Crippen molar-refractivity contribution in [3.63, 3.8) is 0 Å². The fourth-order valence-electron chi connectivity index (χ4n) is 3.90. The predicted octanol–water partition coefficient (Wildman–Crippen LogP) is 2.88. The van der Waals surface area contributed by atoms with Crippen LogP contribution in [-0.2, 0) is 4.79 Å². The Labute approximate surface area is 143 Å². The number of amides is 1. The highest BCUT2D eigenvalue weighted by molar-refractivity contribution is 5.79. The molecule has 0 aromatic heterocycles. The van der Waals surface area contributed by atoms with Crippen LogP contribution in [-0.4, -0.2) is 59.0 Å². The topological polar surface area (TPSA) is 35.6 Å². The van der Waals surface area contributed by atoms with Crippen LogP contribution in [0.4, 0.5) is 0 Å². The number of rotatable bonds is 2. The van der Waals surface area contributed by atoms with Gasteiger partial charge in [-0.25, -0.2) is 0 Å². The molecule has 2 saturated heterocycles. The molecule has 0 radical (unpaired) electrons. The number of likely N-dealkylation sites (tertiary alicyclic amines) is 2. The lowest BCUT2D eigenvalue weighted by atomic mass is 9.91. The lowest BCUT2D eigenvalue weighted by molar-refractivity contribution is -0.128. The first-order valence-corrected chi connectivity index (χ1v) is 9.37. The molecule has 2 fully saturated rings. The van der Waals surface area contributed by atoms with Crippen molar-refractivity contribution in [2.45, 2.75) is 84.3 Å². The SMILES string of the molecule is CC(C)(C)NC(=O)C1CCN(C2CCN(C(C)(C)C)CC2)CC1. The zero-order chi connectivity index (χ0) is 17.3.